The van der Waals surface area contributed by atoms with Crippen LogP contribution < -0.4 is 0 Å². The molecule has 6 aromatic carbocycles. The van der Waals surface area contributed by atoms with E-state index in [9.17, 15) is 0 Å². The predicted octanol–water partition coefficient (Wildman–Crippen LogP) is 9.30. The maximum Gasteiger partial charge on any atom is 0.159 e. The molecule has 8 aromatic rings. The van der Waals surface area contributed by atoms with Crippen LogP contribution in [0.5, 0.6) is 0 Å². The topological polar surface area (TPSA) is 51.6 Å². The summed E-state index contributed by atoms with van der Waals surface area (Å²) in [6.45, 7) is 0. The third kappa shape index (κ3) is 3.84. The Morgan fingerprint density at radius 1 is 0.395 bits per heavy atom. The third-order valence-electron chi connectivity index (χ3n) is 8.62. The van der Waals surface area contributed by atoms with Gasteiger partial charge in [0, 0.05) is 34.3 Å². The van der Waals surface area contributed by atoms with Crippen LogP contribution in [0.3, 0.4) is 0 Å². The van der Waals surface area contributed by atoms with Gasteiger partial charge in [-0.1, -0.05) is 115 Å². The van der Waals surface area contributed by atoms with Crippen molar-refractivity contribution in [3.63, 3.8) is 0 Å². The number of nitrogens with zero attached hydrogens (tertiary/aromatic N) is 4. The Balaban J connectivity index is 1.22. The van der Waals surface area contributed by atoms with Crippen LogP contribution in [0.4, 0.5) is 0 Å². The number of hydrogen-bond donors (Lipinski definition) is 0. The Labute approximate surface area is 248 Å². The largest absolute Gasteiger partial charge is 0.236 e. The highest BCUT2D eigenvalue weighted by atomic mass is 14.9. The molecule has 43 heavy (non-hydrogen) atoms. The first-order valence-electron chi connectivity index (χ1n) is 14.5. The maximum atomic E-state index is 5.19. The van der Waals surface area contributed by atoms with Crippen molar-refractivity contribution in [2.45, 2.75) is 6.42 Å². The molecule has 0 aliphatic heterocycles. The van der Waals surface area contributed by atoms with Gasteiger partial charge < -0.3 is 0 Å². The monoisotopic (exact) mass is 548 g/mol. The first kappa shape index (κ1) is 23.9. The standard InChI is InChI=1S/C39H24N4/c1-2-8-24(9-3-1)25-14-16-26(17-15-25)38-40-22-34-31-12-6-7-13-32(31)35-23-41-39(43-37(35)36(34)42-38)29-19-18-28-20-27-10-4-5-11-30(27)33(28)21-29/h1-19,21-23H,20H2. The van der Waals surface area contributed by atoms with E-state index in [1.54, 1.807) is 0 Å². The molecule has 0 bridgehead atoms. The van der Waals surface area contributed by atoms with E-state index < -0.39 is 0 Å². The van der Waals surface area contributed by atoms with Crippen LogP contribution in [0.15, 0.2) is 134 Å². The molecule has 4 nitrogen and oxygen atoms in total. The van der Waals surface area contributed by atoms with Crippen molar-refractivity contribution < 1.29 is 0 Å². The van der Waals surface area contributed by atoms with E-state index in [0.29, 0.717) is 11.6 Å². The minimum Gasteiger partial charge on any atom is -0.236 e. The molecule has 0 saturated carbocycles. The van der Waals surface area contributed by atoms with Crippen molar-refractivity contribution in [2.75, 3.05) is 0 Å². The lowest BCUT2D eigenvalue weighted by atomic mass is 10.0. The average Bonchev–Trinajstić information content (AvgIpc) is 3.46. The molecule has 0 saturated heterocycles. The molecule has 1 aliphatic carbocycles. The molecule has 4 heteroatoms. The van der Waals surface area contributed by atoms with Crippen LogP contribution in [-0.4, -0.2) is 19.9 Å². The molecule has 0 fully saturated rings. The number of rotatable bonds is 3. The minimum absolute atomic E-state index is 0.679. The van der Waals surface area contributed by atoms with Gasteiger partial charge in [0.1, 0.15) is 11.0 Å². The predicted molar refractivity (Wildman–Crippen MR) is 175 cm³/mol. The molecule has 1 aliphatic rings. The van der Waals surface area contributed by atoms with E-state index in [1.165, 1.54) is 27.8 Å². The molecule has 0 spiro atoms. The summed E-state index contributed by atoms with van der Waals surface area (Å²) in [5.41, 5.74) is 11.3. The molecule has 9 rings (SSSR count). The Morgan fingerprint density at radius 2 is 0.930 bits per heavy atom. The van der Waals surface area contributed by atoms with Gasteiger partial charge in [0.25, 0.3) is 0 Å². The van der Waals surface area contributed by atoms with Crippen molar-refractivity contribution in [1.82, 2.24) is 19.9 Å². The van der Waals surface area contributed by atoms with Gasteiger partial charge in [-0.05, 0) is 56.6 Å². The van der Waals surface area contributed by atoms with Gasteiger partial charge in [-0.2, -0.15) is 0 Å². The molecule has 0 unspecified atom stereocenters. The highest BCUT2D eigenvalue weighted by molar-refractivity contribution is 6.23. The van der Waals surface area contributed by atoms with Crippen LogP contribution in [0.2, 0.25) is 0 Å². The highest BCUT2D eigenvalue weighted by Gasteiger charge is 2.20. The van der Waals surface area contributed by atoms with Crippen molar-refractivity contribution >= 4 is 32.6 Å². The summed E-state index contributed by atoms with van der Waals surface area (Å²) >= 11 is 0. The second kappa shape index (κ2) is 9.40. The summed E-state index contributed by atoms with van der Waals surface area (Å²) in [6, 6.07) is 42.4. The SMILES string of the molecule is c1ccc(-c2ccc(-c3ncc4c5ccccc5c5cnc(-c6ccc7c(c6)-c6ccccc6C7)nc5c4n3)cc2)cc1. The zero-order valence-corrected chi connectivity index (χ0v) is 23.2. The van der Waals surface area contributed by atoms with Crippen molar-refractivity contribution in [2.24, 2.45) is 0 Å². The summed E-state index contributed by atoms with van der Waals surface area (Å²) in [7, 11) is 0. The second-order valence-electron chi connectivity index (χ2n) is 11.1. The average molecular weight is 549 g/mol. The van der Waals surface area contributed by atoms with Crippen LogP contribution in [0.1, 0.15) is 11.1 Å². The van der Waals surface area contributed by atoms with Crippen LogP contribution in [0.25, 0.3) is 77.6 Å². The number of benzene rings is 6. The maximum absolute atomic E-state index is 5.19. The Bertz CT molecular complexity index is 2360. The smallest absolute Gasteiger partial charge is 0.159 e. The molecule has 0 amide bonds. The van der Waals surface area contributed by atoms with E-state index >= 15 is 0 Å². The van der Waals surface area contributed by atoms with E-state index in [1.807, 2.05) is 18.5 Å². The minimum atomic E-state index is 0.679. The first-order valence-corrected chi connectivity index (χ1v) is 14.5. The van der Waals surface area contributed by atoms with Crippen molar-refractivity contribution in [3.05, 3.63) is 145 Å². The van der Waals surface area contributed by atoms with Gasteiger partial charge >= 0.3 is 0 Å². The zero-order valence-electron chi connectivity index (χ0n) is 23.2. The highest BCUT2D eigenvalue weighted by Crippen LogP contribution is 2.39. The van der Waals surface area contributed by atoms with Crippen molar-refractivity contribution in [1.29, 1.82) is 0 Å². The van der Waals surface area contributed by atoms with Crippen LogP contribution in [0, 0.1) is 0 Å². The molecule has 0 atom stereocenters. The summed E-state index contributed by atoms with van der Waals surface area (Å²) in [5, 5.41) is 4.17. The van der Waals surface area contributed by atoms with Gasteiger partial charge in [0.15, 0.2) is 11.6 Å². The zero-order chi connectivity index (χ0) is 28.3. The molecule has 0 radical (unpaired) electrons. The van der Waals surface area contributed by atoms with E-state index in [0.717, 1.165) is 55.7 Å². The molecular weight excluding hydrogens is 524 g/mol. The summed E-state index contributed by atoms with van der Waals surface area (Å²) in [6.07, 6.45) is 4.86. The van der Waals surface area contributed by atoms with Gasteiger partial charge in [-0.3, -0.25) is 0 Å². The Hall–Kier alpha value is -5.74. The molecule has 200 valence electrons. The second-order valence-corrected chi connectivity index (χ2v) is 11.1. The summed E-state index contributed by atoms with van der Waals surface area (Å²) in [4.78, 5) is 20.0. The van der Waals surface area contributed by atoms with Gasteiger partial charge in [0.2, 0.25) is 0 Å². The van der Waals surface area contributed by atoms with Crippen LogP contribution in [-0.2, 0) is 6.42 Å². The van der Waals surface area contributed by atoms with E-state index in [-0.39, 0.29) is 0 Å². The normalized spacial score (nSPS) is 12.1. The summed E-state index contributed by atoms with van der Waals surface area (Å²) in [5.74, 6) is 1.38. The molecule has 2 aromatic heterocycles. The van der Waals surface area contributed by atoms with Gasteiger partial charge in [-0.15, -0.1) is 0 Å². The molecular formula is C39H24N4. The van der Waals surface area contributed by atoms with E-state index in [2.05, 4.69) is 115 Å². The van der Waals surface area contributed by atoms with Gasteiger partial charge in [-0.25, -0.2) is 19.9 Å². The van der Waals surface area contributed by atoms with Crippen LogP contribution >= 0.6 is 0 Å². The lowest BCUT2D eigenvalue weighted by Gasteiger charge is -2.12. The molecule has 0 N–H and O–H groups in total. The van der Waals surface area contributed by atoms with E-state index in [4.69, 9.17) is 19.9 Å². The lowest BCUT2D eigenvalue weighted by molar-refractivity contribution is 1.21. The quantitative estimate of drug-likeness (QED) is 0.206. The summed E-state index contributed by atoms with van der Waals surface area (Å²) < 4.78 is 0. The van der Waals surface area contributed by atoms with Gasteiger partial charge in [0.05, 0.1) is 0 Å². The Kier molecular flexibility index (Phi) is 5.23. The number of hydrogen-bond acceptors (Lipinski definition) is 4. The van der Waals surface area contributed by atoms with Crippen molar-refractivity contribution in [3.8, 4) is 45.0 Å². The fourth-order valence-corrected chi connectivity index (χ4v) is 6.46. The number of aromatic nitrogens is 4. The fourth-order valence-electron chi connectivity index (χ4n) is 6.46. The third-order valence-corrected chi connectivity index (χ3v) is 8.62. The fraction of sp³-hybridized carbons (Fsp3) is 0.0256. The first-order chi connectivity index (χ1) is 21.3. The lowest BCUT2D eigenvalue weighted by Crippen LogP contribution is -1.97. The number of fused-ring (bicyclic) bond motifs is 9. The Morgan fingerprint density at radius 3 is 1.65 bits per heavy atom. The molecule has 2 heterocycles.